The molecule has 102 valence electrons. The second kappa shape index (κ2) is 4.92. The van der Waals surface area contributed by atoms with Gasteiger partial charge in [0.1, 0.15) is 4.21 Å². The summed E-state index contributed by atoms with van der Waals surface area (Å²) in [4.78, 5) is 0.686. The van der Waals surface area contributed by atoms with Crippen LogP contribution >= 0.6 is 11.3 Å². The summed E-state index contributed by atoms with van der Waals surface area (Å²) >= 11 is 1.15. The van der Waals surface area contributed by atoms with E-state index in [0.29, 0.717) is 22.2 Å². The Balaban J connectivity index is 2.17. The molecular weight excluding hydrogens is 270 g/mol. The first kappa shape index (κ1) is 14.0. The molecule has 0 unspecified atom stereocenters. The average Bonchev–Trinajstić information content (AvgIpc) is 2.77. The number of thiophene rings is 1. The number of sulfonamides is 1. The Morgan fingerprint density at radius 2 is 1.94 bits per heavy atom. The van der Waals surface area contributed by atoms with E-state index in [-0.39, 0.29) is 12.0 Å². The maximum Gasteiger partial charge on any atom is 0.252 e. The van der Waals surface area contributed by atoms with Gasteiger partial charge in [0, 0.05) is 18.0 Å². The molecule has 0 saturated carbocycles. The highest BCUT2D eigenvalue weighted by Crippen LogP contribution is 2.33. The number of aliphatic hydroxyl groups is 1. The average molecular weight is 289 g/mol. The van der Waals surface area contributed by atoms with Gasteiger partial charge in [-0.25, -0.2) is 8.42 Å². The highest BCUT2D eigenvalue weighted by molar-refractivity contribution is 7.91. The smallest absolute Gasteiger partial charge is 0.252 e. The van der Waals surface area contributed by atoms with Crippen LogP contribution in [0.1, 0.15) is 31.6 Å². The standard InChI is InChI=1S/C12H19NO3S2/c1-12(2)5-7-13(8-6-12)18(15,16)11-4-3-10(9-14)17-11/h3-4,14H,5-9H2,1-2H3. The van der Waals surface area contributed by atoms with E-state index in [1.165, 1.54) is 0 Å². The van der Waals surface area contributed by atoms with Crippen molar-refractivity contribution in [2.45, 2.75) is 37.5 Å². The molecule has 2 rings (SSSR count). The van der Waals surface area contributed by atoms with Crippen molar-refractivity contribution in [3.8, 4) is 0 Å². The first-order valence-electron chi connectivity index (χ1n) is 6.05. The van der Waals surface area contributed by atoms with E-state index in [2.05, 4.69) is 13.8 Å². The van der Waals surface area contributed by atoms with Crippen LogP contribution in [0, 0.1) is 5.41 Å². The van der Waals surface area contributed by atoms with Crippen LogP contribution < -0.4 is 0 Å². The van der Waals surface area contributed by atoms with Gasteiger partial charge in [-0.1, -0.05) is 13.8 Å². The van der Waals surface area contributed by atoms with Crippen LogP contribution in [0.25, 0.3) is 0 Å². The Morgan fingerprint density at radius 1 is 1.33 bits per heavy atom. The molecule has 0 radical (unpaired) electrons. The zero-order valence-electron chi connectivity index (χ0n) is 10.7. The lowest BCUT2D eigenvalue weighted by Gasteiger charge is -2.35. The molecule has 4 nitrogen and oxygen atoms in total. The lowest BCUT2D eigenvalue weighted by Crippen LogP contribution is -2.40. The Kier molecular flexibility index (Phi) is 3.82. The molecule has 1 aromatic heterocycles. The van der Waals surface area contributed by atoms with Crippen LogP contribution in [0.3, 0.4) is 0 Å². The van der Waals surface area contributed by atoms with E-state index >= 15 is 0 Å². The Bertz CT molecular complexity index is 509. The maximum absolute atomic E-state index is 12.4. The Hall–Kier alpha value is -0.430. The lowest BCUT2D eigenvalue weighted by molar-refractivity contribution is 0.196. The van der Waals surface area contributed by atoms with Crippen LogP contribution in [-0.2, 0) is 16.6 Å². The minimum Gasteiger partial charge on any atom is -0.391 e. The SMILES string of the molecule is CC1(C)CCN(S(=O)(=O)c2ccc(CO)s2)CC1. The molecule has 18 heavy (non-hydrogen) atoms. The van der Waals surface area contributed by atoms with Crippen LogP contribution in [-0.4, -0.2) is 30.9 Å². The zero-order valence-corrected chi connectivity index (χ0v) is 12.4. The molecule has 6 heteroatoms. The molecule has 1 N–H and O–H groups in total. The fraction of sp³-hybridized carbons (Fsp3) is 0.667. The summed E-state index contributed by atoms with van der Waals surface area (Å²) in [5.74, 6) is 0. The molecule has 1 fully saturated rings. The summed E-state index contributed by atoms with van der Waals surface area (Å²) in [5.41, 5.74) is 0.234. The molecule has 0 aliphatic carbocycles. The molecule has 1 aromatic rings. The predicted molar refractivity (Wildman–Crippen MR) is 72.0 cm³/mol. The summed E-state index contributed by atoms with van der Waals surface area (Å²) in [5, 5.41) is 9.00. The van der Waals surface area contributed by atoms with Crippen LogP contribution in [0.2, 0.25) is 0 Å². The molecular formula is C12H19NO3S2. The van der Waals surface area contributed by atoms with Gasteiger partial charge in [-0.2, -0.15) is 4.31 Å². The number of piperidine rings is 1. The summed E-state index contributed by atoms with van der Waals surface area (Å²) in [6.45, 7) is 5.41. The van der Waals surface area contributed by atoms with Crippen molar-refractivity contribution in [3.63, 3.8) is 0 Å². The van der Waals surface area contributed by atoms with Crippen molar-refractivity contribution >= 4 is 21.4 Å². The normalized spacial score (nSPS) is 21.1. The number of hydrogen-bond acceptors (Lipinski definition) is 4. The molecule has 1 aliphatic rings. The molecule has 0 atom stereocenters. The third kappa shape index (κ3) is 2.77. The van der Waals surface area contributed by atoms with E-state index < -0.39 is 10.0 Å². The van der Waals surface area contributed by atoms with Gasteiger partial charge in [-0.3, -0.25) is 0 Å². The van der Waals surface area contributed by atoms with Crippen molar-refractivity contribution in [2.75, 3.05) is 13.1 Å². The third-order valence-corrected chi connectivity index (χ3v) is 6.90. The van der Waals surface area contributed by atoms with Crippen LogP contribution in [0.5, 0.6) is 0 Å². The largest absolute Gasteiger partial charge is 0.391 e. The number of aliphatic hydroxyl groups excluding tert-OH is 1. The molecule has 0 spiro atoms. The minimum absolute atomic E-state index is 0.104. The van der Waals surface area contributed by atoms with Gasteiger partial charge in [0.15, 0.2) is 0 Å². The fourth-order valence-corrected chi connectivity index (χ4v) is 4.85. The van der Waals surface area contributed by atoms with E-state index in [9.17, 15) is 8.42 Å². The van der Waals surface area contributed by atoms with Gasteiger partial charge in [-0.15, -0.1) is 11.3 Å². The molecule has 0 amide bonds. The Morgan fingerprint density at radius 3 is 2.44 bits per heavy atom. The predicted octanol–water partition coefficient (Wildman–Crippen LogP) is 2.05. The first-order chi connectivity index (χ1) is 8.35. The van der Waals surface area contributed by atoms with E-state index in [0.717, 1.165) is 24.2 Å². The maximum atomic E-state index is 12.4. The van der Waals surface area contributed by atoms with E-state index in [1.807, 2.05) is 0 Å². The molecule has 1 saturated heterocycles. The van der Waals surface area contributed by atoms with Crippen LogP contribution in [0.4, 0.5) is 0 Å². The second-order valence-electron chi connectivity index (χ2n) is 5.45. The minimum atomic E-state index is -3.36. The highest BCUT2D eigenvalue weighted by Gasteiger charge is 2.33. The summed E-state index contributed by atoms with van der Waals surface area (Å²) in [6, 6.07) is 3.26. The number of rotatable bonds is 3. The van der Waals surface area contributed by atoms with Gasteiger partial charge >= 0.3 is 0 Å². The van der Waals surface area contributed by atoms with Gasteiger partial charge in [0.2, 0.25) is 0 Å². The molecule has 2 heterocycles. The summed E-state index contributed by atoms with van der Waals surface area (Å²) in [7, 11) is -3.36. The van der Waals surface area contributed by atoms with Crippen LogP contribution in [0.15, 0.2) is 16.3 Å². The first-order valence-corrected chi connectivity index (χ1v) is 8.30. The van der Waals surface area contributed by atoms with Crippen molar-refractivity contribution in [1.29, 1.82) is 0 Å². The highest BCUT2D eigenvalue weighted by atomic mass is 32.2. The van der Waals surface area contributed by atoms with Gasteiger partial charge in [-0.05, 0) is 30.4 Å². The summed E-state index contributed by atoms with van der Waals surface area (Å²) in [6.07, 6.45) is 1.79. The summed E-state index contributed by atoms with van der Waals surface area (Å²) < 4.78 is 26.7. The third-order valence-electron chi connectivity index (χ3n) is 3.46. The number of nitrogens with zero attached hydrogens (tertiary/aromatic N) is 1. The number of hydrogen-bond donors (Lipinski definition) is 1. The fourth-order valence-electron chi connectivity index (χ4n) is 2.04. The monoisotopic (exact) mass is 289 g/mol. The van der Waals surface area contributed by atoms with E-state index in [1.54, 1.807) is 16.4 Å². The van der Waals surface area contributed by atoms with Gasteiger partial charge in [0.05, 0.1) is 6.61 Å². The second-order valence-corrected chi connectivity index (χ2v) is 8.78. The van der Waals surface area contributed by atoms with Crippen molar-refractivity contribution < 1.29 is 13.5 Å². The quantitative estimate of drug-likeness (QED) is 0.926. The molecule has 0 aromatic carbocycles. The molecule has 0 bridgehead atoms. The van der Waals surface area contributed by atoms with Crippen molar-refractivity contribution in [1.82, 2.24) is 4.31 Å². The zero-order chi connectivity index (χ0) is 13.4. The molecule has 1 aliphatic heterocycles. The van der Waals surface area contributed by atoms with E-state index in [4.69, 9.17) is 5.11 Å². The lowest BCUT2D eigenvalue weighted by atomic mass is 9.83. The van der Waals surface area contributed by atoms with Crippen molar-refractivity contribution in [2.24, 2.45) is 5.41 Å². The topological polar surface area (TPSA) is 57.6 Å². The van der Waals surface area contributed by atoms with Gasteiger partial charge < -0.3 is 5.11 Å². The van der Waals surface area contributed by atoms with Crippen molar-refractivity contribution in [3.05, 3.63) is 17.0 Å². The van der Waals surface area contributed by atoms with Gasteiger partial charge in [0.25, 0.3) is 10.0 Å². The Labute approximate surface area is 112 Å².